The van der Waals surface area contributed by atoms with Crippen LogP contribution in [0.15, 0.2) is 16.6 Å². The first-order valence-electron chi connectivity index (χ1n) is 7.75. The van der Waals surface area contributed by atoms with Crippen molar-refractivity contribution in [2.75, 3.05) is 24.5 Å². The van der Waals surface area contributed by atoms with E-state index in [4.69, 9.17) is 0 Å². The highest BCUT2D eigenvalue weighted by Crippen LogP contribution is 2.36. The minimum Gasteiger partial charge on any atom is -0.362 e. The summed E-state index contributed by atoms with van der Waals surface area (Å²) in [5.41, 5.74) is 0.522. The maximum absolute atomic E-state index is 14.3. The van der Waals surface area contributed by atoms with E-state index >= 15 is 0 Å². The predicted molar refractivity (Wildman–Crippen MR) is 84.7 cm³/mol. The van der Waals surface area contributed by atoms with Crippen molar-refractivity contribution in [2.45, 2.75) is 44.7 Å². The van der Waals surface area contributed by atoms with Crippen molar-refractivity contribution in [3.05, 3.63) is 28.2 Å². The molecule has 1 aromatic rings. The molecule has 3 rings (SSSR count). The molecule has 0 N–H and O–H groups in total. The van der Waals surface area contributed by atoms with Crippen molar-refractivity contribution in [1.82, 2.24) is 4.90 Å². The van der Waals surface area contributed by atoms with E-state index in [0.717, 1.165) is 32.1 Å². The van der Waals surface area contributed by atoms with Gasteiger partial charge < -0.3 is 4.90 Å². The van der Waals surface area contributed by atoms with Gasteiger partial charge in [-0.1, -0.05) is 13.3 Å². The number of anilines is 1. The van der Waals surface area contributed by atoms with Crippen molar-refractivity contribution < 1.29 is 8.78 Å². The maximum atomic E-state index is 14.3. The first kappa shape index (κ1) is 15.2. The number of hydrogen-bond acceptors (Lipinski definition) is 2. The lowest BCUT2D eigenvalue weighted by molar-refractivity contribution is 0.110. The van der Waals surface area contributed by atoms with Crippen LogP contribution in [0.3, 0.4) is 0 Å². The molecule has 2 heterocycles. The molecule has 2 saturated heterocycles. The van der Waals surface area contributed by atoms with Crippen molar-refractivity contribution in [3.63, 3.8) is 0 Å². The molecule has 2 unspecified atom stereocenters. The van der Waals surface area contributed by atoms with Gasteiger partial charge in [-0.3, -0.25) is 4.90 Å². The Morgan fingerprint density at radius 3 is 2.76 bits per heavy atom. The first-order valence-corrected chi connectivity index (χ1v) is 8.54. The third-order valence-electron chi connectivity index (χ3n) is 4.78. The van der Waals surface area contributed by atoms with Gasteiger partial charge in [-0.25, -0.2) is 8.78 Å². The van der Waals surface area contributed by atoms with E-state index in [9.17, 15) is 8.78 Å². The van der Waals surface area contributed by atoms with Gasteiger partial charge in [-0.15, -0.1) is 0 Å². The Balaban J connectivity index is 1.92. The van der Waals surface area contributed by atoms with Crippen molar-refractivity contribution in [1.29, 1.82) is 0 Å². The second-order valence-electron chi connectivity index (χ2n) is 6.08. The number of halogens is 3. The van der Waals surface area contributed by atoms with E-state index in [1.54, 1.807) is 0 Å². The molecule has 2 fully saturated rings. The van der Waals surface area contributed by atoms with E-state index in [2.05, 4.69) is 32.7 Å². The molecule has 1 aromatic carbocycles. The largest absolute Gasteiger partial charge is 0.362 e. The molecule has 2 aliphatic heterocycles. The van der Waals surface area contributed by atoms with Gasteiger partial charge in [0.25, 0.3) is 0 Å². The smallest absolute Gasteiger partial charge is 0.150 e. The minimum atomic E-state index is -0.535. The molecule has 0 saturated carbocycles. The van der Waals surface area contributed by atoms with Gasteiger partial charge in [0, 0.05) is 35.7 Å². The number of fused-ring (bicyclic) bond motifs is 1. The summed E-state index contributed by atoms with van der Waals surface area (Å²) < 4.78 is 28.1. The molecule has 2 atom stereocenters. The van der Waals surface area contributed by atoms with Gasteiger partial charge in [0.2, 0.25) is 0 Å². The molecule has 116 valence electrons. The third-order valence-corrected chi connectivity index (χ3v) is 5.39. The Hall–Kier alpha value is -0.680. The summed E-state index contributed by atoms with van der Waals surface area (Å²) in [4.78, 5) is 4.69. The Morgan fingerprint density at radius 2 is 2.05 bits per heavy atom. The van der Waals surface area contributed by atoms with Crippen LogP contribution in [-0.4, -0.2) is 36.6 Å². The Morgan fingerprint density at radius 1 is 1.24 bits per heavy atom. The summed E-state index contributed by atoms with van der Waals surface area (Å²) in [5.74, 6) is -1.00. The number of hydrogen-bond donors (Lipinski definition) is 0. The average molecular weight is 359 g/mol. The summed E-state index contributed by atoms with van der Waals surface area (Å²) in [6, 6.07) is 3.13. The van der Waals surface area contributed by atoms with Crippen molar-refractivity contribution in [2.24, 2.45) is 0 Å². The van der Waals surface area contributed by atoms with Gasteiger partial charge in [0.1, 0.15) is 5.82 Å². The van der Waals surface area contributed by atoms with Crippen LogP contribution < -0.4 is 4.90 Å². The van der Waals surface area contributed by atoms with Crippen LogP contribution >= 0.6 is 15.9 Å². The summed E-state index contributed by atoms with van der Waals surface area (Å²) in [7, 11) is 0. The maximum Gasteiger partial charge on any atom is 0.150 e. The van der Waals surface area contributed by atoms with Crippen LogP contribution in [0.2, 0.25) is 0 Å². The van der Waals surface area contributed by atoms with E-state index < -0.39 is 11.6 Å². The Labute approximate surface area is 133 Å². The third kappa shape index (κ3) is 2.95. The number of piperazine rings is 1. The standard InChI is InChI=1S/C16H21BrF2N2/c1-2-12-9-20-6-4-3-5-13(20)10-21(12)16-14(17)7-11(18)8-15(16)19/h7-8,12-13H,2-6,9-10H2,1H3. The van der Waals surface area contributed by atoms with Gasteiger partial charge >= 0.3 is 0 Å². The minimum absolute atomic E-state index is 0.288. The number of benzene rings is 1. The van der Waals surface area contributed by atoms with Crippen molar-refractivity contribution in [3.8, 4) is 0 Å². The van der Waals surface area contributed by atoms with Gasteiger partial charge in [0.15, 0.2) is 5.82 Å². The molecule has 0 spiro atoms. The molecule has 21 heavy (non-hydrogen) atoms. The van der Waals surface area contributed by atoms with E-state index in [0.29, 0.717) is 16.2 Å². The van der Waals surface area contributed by atoms with Crippen LogP contribution in [0.5, 0.6) is 0 Å². The Kier molecular flexibility index (Phi) is 4.50. The fourth-order valence-corrected chi connectivity index (χ4v) is 4.32. The SMILES string of the molecule is CCC1CN2CCCCC2CN1c1c(F)cc(F)cc1Br. The summed E-state index contributed by atoms with van der Waals surface area (Å²) in [6.45, 7) is 5.10. The molecule has 0 aromatic heterocycles. The van der Waals surface area contributed by atoms with Crippen LogP contribution in [0.1, 0.15) is 32.6 Å². The zero-order chi connectivity index (χ0) is 15.0. The second-order valence-corrected chi connectivity index (χ2v) is 6.93. The van der Waals surface area contributed by atoms with E-state index in [-0.39, 0.29) is 6.04 Å². The lowest BCUT2D eigenvalue weighted by Gasteiger charge is -2.49. The second kappa shape index (κ2) is 6.21. The topological polar surface area (TPSA) is 6.48 Å². The summed E-state index contributed by atoms with van der Waals surface area (Å²) in [5, 5.41) is 0. The molecule has 5 heteroatoms. The fraction of sp³-hybridized carbons (Fsp3) is 0.625. The zero-order valence-corrected chi connectivity index (χ0v) is 13.9. The number of rotatable bonds is 2. The lowest BCUT2D eigenvalue weighted by Crippen LogP contribution is -2.59. The van der Waals surface area contributed by atoms with Crippen LogP contribution in [0.4, 0.5) is 14.5 Å². The quantitative estimate of drug-likeness (QED) is 0.782. The van der Waals surface area contributed by atoms with Crippen LogP contribution in [0, 0.1) is 11.6 Å². The van der Waals surface area contributed by atoms with E-state index in [1.807, 2.05) is 0 Å². The monoisotopic (exact) mass is 358 g/mol. The lowest BCUT2D eigenvalue weighted by atomic mass is 9.95. The Bertz CT molecular complexity index is 500. The molecule has 2 nitrogen and oxygen atoms in total. The first-order chi connectivity index (χ1) is 10.1. The van der Waals surface area contributed by atoms with E-state index in [1.165, 1.54) is 25.3 Å². The number of piperidine rings is 1. The fourth-order valence-electron chi connectivity index (χ4n) is 3.68. The molecule has 0 aliphatic carbocycles. The molecule has 0 radical (unpaired) electrons. The normalized spacial score (nSPS) is 26.8. The number of nitrogens with zero attached hydrogens (tertiary/aromatic N) is 2. The van der Waals surface area contributed by atoms with Crippen LogP contribution in [0.25, 0.3) is 0 Å². The molecule has 0 amide bonds. The molecular weight excluding hydrogens is 338 g/mol. The van der Waals surface area contributed by atoms with Crippen molar-refractivity contribution >= 4 is 21.6 Å². The van der Waals surface area contributed by atoms with Gasteiger partial charge in [-0.2, -0.15) is 0 Å². The molecule has 2 aliphatic rings. The highest BCUT2D eigenvalue weighted by molar-refractivity contribution is 9.10. The molecular formula is C16H21BrF2N2. The summed E-state index contributed by atoms with van der Waals surface area (Å²) >= 11 is 3.34. The summed E-state index contributed by atoms with van der Waals surface area (Å²) in [6.07, 6.45) is 4.65. The van der Waals surface area contributed by atoms with Gasteiger partial charge in [0.05, 0.1) is 5.69 Å². The highest BCUT2D eigenvalue weighted by Gasteiger charge is 2.36. The van der Waals surface area contributed by atoms with Gasteiger partial charge in [-0.05, 0) is 47.8 Å². The molecule has 0 bridgehead atoms. The van der Waals surface area contributed by atoms with Crippen LogP contribution in [-0.2, 0) is 0 Å². The predicted octanol–water partition coefficient (Wildman–Crippen LogP) is 4.18. The zero-order valence-electron chi connectivity index (χ0n) is 12.3. The highest BCUT2D eigenvalue weighted by atomic mass is 79.9. The average Bonchev–Trinajstić information content (AvgIpc) is 2.45.